The van der Waals surface area contributed by atoms with Crippen LogP contribution >= 0.6 is 0 Å². The van der Waals surface area contributed by atoms with Crippen molar-refractivity contribution in [3.63, 3.8) is 0 Å². The Bertz CT molecular complexity index is 837. The average Bonchev–Trinajstić information content (AvgIpc) is 2.56. The predicted octanol–water partition coefficient (Wildman–Crippen LogP) is 1.70. The van der Waals surface area contributed by atoms with Crippen LogP contribution in [0.2, 0.25) is 0 Å². The molecule has 1 heterocycles. The maximum Gasteiger partial charge on any atom is 0.142 e. The SMILES string of the molecule is CCOc1ccc2nc(C)cc(Nc3ccccc3OC)c2c1.[Cl-]. The second kappa shape index (κ2) is 7.88. The molecule has 0 spiro atoms. The zero-order valence-electron chi connectivity index (χ0n) is 14.0. The minimum absolute atomic E-state index is 0. The Hall–Kier alpha value is -2.46. The topological polar surface area (TPSA) is 43.4 Å². The zero-order valence-corrected chi connectivity index (χ0v) is 14.7. The standard InChI is InChI=1S/C19H20N2O2.ClH/c1-4-23-14-9-10-16-15(12-14)18(11-13(2)20-16)21-17-7-5-6-8-19(17)22-3;/h5-12H,4H2,1-3H3,(H,20,21);1H/p-1. The fraction of sp³-hybridized carbons (Fsp3) is 0.211. The van der Waals surface area contributed by atoms with Crippen molar-refractivity contribution in [2.75, 3.05) is 19.0 Å². The number of methoxy groups -OCH3 is 1. The fourth-order valence-corrected chi connectivity index (χ4v) is 2.59. The van der Waals surface area contributed by atoms with E-state index >= 15 is 0 Å². The van der Waals surface area contributed by atoms with Crippen LogP contribution in [0.1, 0.15) is 12.6 Å². The number of pyridine rings is 1. The second-order valence-electron chi connectivity index (χ2n) is 5.25. The molecule has 2 aromatic carbocycles. The van der Waals surface area contributed by atoms with E-state index in [0.717, 1.165) is 39.5 Å². The average molecular weight is 344 g/mol. The van der Waals surface area contributed by atoms with E-state index in [1.807, 2.05) is 62.4 Å². The van der Waals surface area contributed by atoms with E-state index in [9.17, 15) is 0 Å². The van der Waals surface area contributed by atoms with Crippen molar-refractivity contribution in [2.24, 2.45) is 0 Å². The van der Waals surface area contributed by atoms with Gasteiger partial charge in [0.15, 0.2) is 0 Å². The van der Waals surface area contributed by atoms with E-state index in [4.69, 9.17) is 9.47 Å². The van der Waals surface area contributed by atoms with Gasteiger partial charge in [-0.3, -0.25) is 4.98 Å². The van der Waals surface area contributed by atoms with Crippen LogP contribution in [0.25, 0.3) is 10.9 Å². The summed E-state index contributed by atoms with van der Waals surface area (Å²) in [7, 11) is 1.67. The van der Waals surface area contributed by atoms with Gasteiger partial charge in [-0.05, 0) is 50.2 Å². The molecule has 0 radical (unpaired) electrons. The third-order valence-electron chi connectivity index (χ3n) is 3.60. The molecule has 0 amide bonds. The molecule has 0 aliphatic heterocycles. The molecule has 3 rings (SSSR count). The molecule has 5 heteroatoms. The molecule has 1 N–H and O–H groups in total. The number of fused-ring (bicyclic) bond motifs is 1. The highest BCUT2D eigenvalue weighted by Gasteiger charge is 2.08. The fourth-order valence-electron chi connectivity index (χ4n) is 2.59. The first-order valence-electron chi connectivity index (χ1n) is 7.65. The molecule has 3 aromatic rings. The first-order chi connectivity index (χ1) is 11.2. The van der Waals surface area contributed by atoms with Crippen molar-refractivity contribution in [3.05, 3.63) is 54.2 Å². The maximum absolute atomic E-state index is 5.61. The van der Waals surface area contributed by atoms with Crippen molar-refractivity contribution >= 4 is 22.3 Å². The van der Waals surface area contributed by atoms with E-state index in [-0.39, 0.29) is 12.4 Å². The molecular weight excluding hydrogens is 324 g/mol. The lowest BCUT2D eigenvalue weighted by Crippen LogP contribution is -3.00. The number of para-hydroxylation sites is 2. The van der Waals surface area contributed by atoms with Gasteiger partial charge in [-0.1, -0.05) is 12.1 Å². The quantitative estimate of drug-likeness (QED) is 0.766. The van der Waals surface area contributed by atoms with Crippen molar-refractivity contribution in [1.29, 1.82) is 0 Å². The van der Waals surface area contributed by atoms with Crippen LogP contribution in [-0.2, 0) is 0 Å². The summed E-state index contributed by atoms with van der Waals surface area (Å²) in [6, 6.07) is 15.8. The number of hydrogen-bond acceptors (Lipinski definition) is 4. The van der Waals surface area contributed by atoms with Crippen LogP contribution in [0.15, 0.2) is 48.5 Å². The highest BCUT2D eigenvalue weighted by Crippen LogP contribution is 2.32. The van der Waals surface area contributed by atoms with E-state index in [1.165, 1.54) is 0 Å². The van der Waals surface area contributed by atoms with Crippen LogP contribution in [-0.4, -0.2) is 18.7 Å². The number of aromatic nitrogens is 1. The molecule has 0 aliphatic rings. The summed E-state index contributed by atoms with van der Waals surface area (Å²) in [5.74, 6) is 1.64. The lowest BCUT2D eigenvalue weighted by atomic mass is 10.1. The third kappa shape index (κ3) is 3.71. The Labute approximate surface area is 148 Å². The predicted molar refractivity (Wildman–Crippen MR) is 93.9 cm³/mol. The Morgan fingerprint density at radius 1 is 1.04 bits per heavy atom. The van der Waals surface area contributed by atoms with E-state index in [2.05, 4.69) is 10.3 Å². The zero-order chi connectivity index (χ0) is 16.2. The molecule has 0 saturated heterocycles. The Morgan fingerprint density at radius 2 is 1.83 bits per heavy atom. The summed E-state index contributed by atoms with van der Waals surface area (Å²) in [6.45, 7) is 4.61. The largest absolute Gasteiger partial charge is 1.00 e. The van der Waals surface area contributed by atoms with E-state index in [0.29, 0.717) is 6.61 Å². The molecule has 24 heavy (non-hydrogen) atoms. The molecule has 4 nitrogen and oxygen atoms in total. The van der Waals surface area contributed by atoms with Crippen molar-refractivity contribution in [1.82, 2.24) is 4.98 Å². The molecule has 0 bridgehead atoms. The van der Waals surface area contributed by atoms with Crippen LogP contribution in [0.4, 0.5) is 11.4 Å². The number of benzene rings is 2. The Balaban J connectivity index is 0.00000208. The van der Waals surface area contributed by atoms with Crippen LogP contribution < -0.4 is 27.2 Å². The lowest BCUT2D eigenvalue weighted by Gasteiger charge is -2.14. The van der Waals surface area contributed by atoms with Crippen molar-refractivity contribution in [2.45, 2.75) is 13.8 Å². The number of nitrogens with one attached hydrogen (secondary N) is 1. The molecule has 0 fully saturated rings. The molecule has 0 saturated carbocycles. The summed E-state index contributed by atoms with van der Waals surface area (Å²) in [4.78, 5) is 4.59. The molecule has 0 atom stereocenters. The van der Waals surface area contributed by atoms with Crippen LogP contribution in [0.5, 0.6) is 11.5 Å². The smallest absolute Gasteiger partial charge is 0.142 e. The summed E-state index contributed by atoms with van der Waals surface area (Å²) in [5, 5.41) is 4.48. The Kier molecular flexibility index (Phi) is 5.88. The van der Waals surface area contributed by atoms with Gasteiger partial charge >= 0.3 is 0 Å². The van der Waals surface area contributed by atoms with Crippen molar-refractivity contribution < 1.29 is 21.9 Å². The summed E-state index contributed by atoms with van der Waals surface area (Å²) in [6.07, 6.45) is 0. The van der Waals surface area contributed by atoms with Gasteiger partial charge in [-0.2, -0.15) is 0 Å². The summed E-state index contributed by atoms with van der Waals surface area (Å²) in [5.41, 5.74) is 3.80. The van der Waals surface area contributed by atoms with Gasteiger partial charge in [-0.25, -0.2) is 0 Å². The highest BCUT2D eigenvalue weighted by molar-refractivity contribution is 5.94. The number of halogens is 1. The van der Waals surface area contributed by atoms with Crippen LogP contribution in [0, 0.1) is 6.92 Å². The maximum atomic E-state index is 5.61. The van der Waals surface area contributed by atoms with Crippen molar-refractivity contribution in [3.8, 4) is 11.5 Å². The van der Waals surface area contributed by atoms with E-state index in [1.54, 1.807) is 7.11 Å². The number of aryl methyl sites for hydroxylation is 1. The summed E-state index contributed by atoms with van der Waals surface area (Å²) < 4.78 is 11.0. The molecular formula is C19H20ClN2O2-. The summed E-state index contributed by atoms with van der Waals surface area (Å²) >= 11 is 0. The number of anilines is 2. The number of hydrogen-bond donors (Lipinski definition) is 1. The van der Waals surface area contributed by atoms with Gasteiger partial charge in [0, 0.05) is 16.8 Å². The van der Waals surface area contributed by atoms with Gasteiger partial charge in [-0.15, -0.1) is 0 Å². The minimum Gasteiger partial charge on any atom is -1.00 e. The third-order valence-corrected chi connectivity index (χ3v) is 3.60. The van der Waals surface area contributed by atoms with Gasteiger partial charge in [0.05, 0.1) is 24.9 Å². The molecule has 0 aliphatic carbocycles. The highest BCUT2D eigenvalue weighted by atomic mass is 35.5. The normalized spacial score (nSPS) is 10.1. The number of rotatable bonds is 5. The number of nitrogens with zero attached hydrogens (tertiary/aromatic N) is 1. The van der Waals surface area contributed by atoms with Crippen LogP contribution in [0.3, 0.4) is 0 Å². The first kappa shape index (κ1) is 17.9. The van der Waals surface area contributed by atoms with Gasteiger partial charge in [0.2, 0.25) is 0 Å². The lowest BCUT2D eigenvalue weighted by molar-refractivity contribution is -0.00000560. The van der Waals surface area contributed by atoms with Gasteiger partial charge < -0.3 is 27.2 Å². The Morgan fingerprint density at radius 3 is 2.58 bits per heavy atom. The van der Waals surface area contributed by atoms with Gasteiger partial charge in [0.25, 0.3) is 0 Å². The monoisotopic (exact) mass is 343 g/mol. The van der Waals surface area contributed by atoms with E-state index < -0.39 is 0 Å². The molecule has 126 valence electrons. The molecule has 0 unspecified atom stereocenters. The first-order valence-corrected chi connectivity index (χ1v) is 7.65. The van der Waals surface area contributed by atoms with Gasteiger partial charge in [0.1, 0.15) is 11.5 Å². The minimum atomic E-state index is 0. The molecule has 1 aromatic heterocycles. The second-order valence-corrected chi connectivity index (χ2v) is 5.25. The number of ether oxygens (including phenoxy) is 2.